The Morgan fingerprint density at radius 2 is 2.19 bits per heavy atom. The number of amides is 1. The Bertz CT molecular complexity index is 678. The van der Waals surface area contributed by atoms with Gasteiger partial charge in [-0.05, 0) is 31.0 Å². The number of nitrogens with zero attached hydrogens (tertiary/aromatic N) is 2. The number of nitrogens with one attached hydrogen (secondary N) is 1. The standard InChI is InChI=1S/C14H13N3O4/c18-14(9-3-1-4-9)16-13-11(17(19)20)7-6-10(15-13)12-5-2-8-21-12/h2,5-9H,1,3-4H2,(H,15,16,18). The van der Waals surface area contributed by atoms with Crippen LogP contribution in [0.15, 0.2) is 34.9 Å². The van der Waals surface area contributed by atoms with Crippen LogP contribution in [0.3, 0.4) is 0 Å². The van der Waals surface area contributed by atoms with Gasteiger partial charge in [-0.25, -0.2) is 4.98 Å². The first-order valence-electron chi connectivity index (χ1n) is 6.65. The first-order chi connectivity index (χ1) is 10.1. The minimum atomic E-state index is -0.560. The molecule has 2 aromatic heterocycles. The lowest BCUT2D eigenvalue weighted by molar-refractivity contribution is -0.384. The molecule has 1 saturated carbocycles. The molecule has 1 aliphatic rings. The van der Waals surface area contributed by atoms with Crippen molar-refractivity contribution in [3.63, 3.8) is 0 Å². The normalized spacial score (nSPS) is 14.5. The Labute approximate surface area is 120 Å². The van der Waals surface area contributed by atoms with Gasteiger partial charge in [-0.15, -0.1) is 0 Å². The van der Waals surface area contributed by atoms with Gasteiger partial charge in [0.15, 0.2) is 5.76 Å². The third kappa shape index (κ3) is 2.62. The van der Waals surface area contributed by atoms with Crippen LogP contribution in [0.4, 0.5) is 11.5 Å². The highest BCUT2D eigenvalue weighted by atomic mass is 16.6. The molecule has 0 radical (unpaired) electrons. The van der Waals surface area contributed by atoms with Gasteiger partial charge < -0.3 is 9.73 Å². The number of aromatic nitrogens is 1. The first-order valence-corrected chi connectivity index (χ1v) is 6.65. The minimum absolute atomic E-state index is 0.0363. The Balaban J connectivity index is 1.92. The molecule has 2 aromatic rings. The summed E-state index contributed by atoms with van der Waals surface area (Å²) in [5.41, 5.74) is 0.215. The van der Waals surface area contributed by atoms with E-state index in [0.717, 1.165) is 19.3 Å². The molecule has 108 valence electrons. The van der Waals surface area contributed by atoms with Gasteiger partial charge in [0.05, 0.1) is 11.2 Å². The number of carbonyl (C=O) groups excluding carboxylic acids is 1. The summed E-state index contributed by atoms with van der Waals surface area (Å²) in [5, 5.41) is 13.6. The summed E-state index contributed by atoms with van der Waals surface area (Å²) in [5.74, 6) is 0.168. The molecule has 1 N–H and O–H groups in total. The van der Waals surface area contributed by atoms with Crippen molar-refractivity contribution in [2.24, 2.45) is 5.92 Å². The number of nitro groups is 1. The van der Waals surface area contributed by atoms with Crippen molar-refractivity contribution in [3.8, 4) is 11.5 Å². The van der Waals surface area contributed by atoms with Crippen molar-refractivity contribution < 1.29 is 14.1 Å². The number of hydrogen-bond donors (Lipinski definition) is 1. The second-order valence-corrected chi connectivity index (χ2v) is 4.92. The Kier molecular flexibility index (Phi) is 3.39. The molecule has 2 heterocycles. The maximum absolute atomic E-state index is 12.0. The van der Waals surface area contributed by atoms with E-state index >= 15 is 0 Å². The molecule has 21 heavy (non-hydrogen) atoms. The van der Waals surface area contributed by atoms with Crippen molar-refractivity contribution in [1.82, 2.24) is 4.98 Å². The summed E-state index contributed by atoms with van der Waals surface area (Å²) in [7, 11) is 0. The van der Waals surface area contributed by atoms with Crippen molar-refractivity contribution in [1.29, 1.82) is 0 Å². The third-order valence-corrected chi connectivity index (χ3v) is 3.56. The summed E-state index contributed by atoms with van der Waals surface area (Å²) in [6, 6.07) is 6.22. The predicted molar refractivity (Wildman–Crippen MR) is 74.6 cm³/mol. The lowest BCUT2D eigenvalue weighted by atomic mass is 9.85. The van der Waals surface area contributed by atoms with Crippen molar-refractivity contribution in [3.05, 3.63) is 40.6 Å². The molecule has 0 saturated heterocycles. The number of hydrogen-bond acceptors (Lipinski definition) is 5. The molecule has 0 unspecified atom stereocenters. The van der Waals surface area contributed by atoms with Crippen LogP contribution < -0.4 is 5.32 Å². The molecule has 7 nitrogen and oxygen atoms in total. The second-order valence-electron chi connectivity index (χ2n) is 4.92. The van der Waals surface area contributed by atoms with Gasteiger partial charge in [-0.2, -0.15) is 0 Å². The number of furan rings is 1. The zero-order valence-corrected chi connectivity index (χ0v) is 11.1. The molecular formula is C14H13N3O4. The zero-order chi connectivity index (χ0) is 14.8. The summed E-state index contributed by atoms with van der Waals surface area (Å²) in [4.78, 5) is 26.6. The molecule has 0 spiro atoms. The first kappa shape index (κ1) is 13.3. The quantitative estimate of drug-likeness (QED) is 0.688. The monoisotopic (exact) mass is 287 g/mol. The van der Waals surface area contributed by atoms with Gasteiger partial charge in [0.25, 0.3) is 0 Å². The van der Waals surface area contributed by atoms with Gasteiger partial charge >= 0.3 is 5.69 Å². The van der Waals surface area contributed by atoms with E-state index in [0.29, 0.717) is 11.5 Å². The largest absolute Gasteiger partial charge is 0.463 e. The summed E-state index contributed by atoms with van der Waals surface area (Å²) in [6.07, 6.45) is 4.14. The number of anilines is 1. The van der Waals surface area contributed by atoms with Crippen molar-refractivity contribution in [2.45, 2.75) is 19.3 Å². The number of pyridine rings is 1. The van der Waals surface area contributed by atoms with Crippen LogP contribution in [-0.2, 0) is 4.79 Å². The van der Waals surface area contributed by atoms with E-state index in [4.69, 9.17) is 4.42 Å². The van der Waals surface area contributed by atoms with E-state index in [1.54, 1.807) is 12.1 Å². The van der Waals surface area contributed by atoms with E-state index in [-0.39, 0.29) is 23.3 Å². The Hall–Kier alpha value is -2.70. The predicted octanol–water partition coefficient (Wildman–Crippen LogP) is 2.99. The highest BCUT2D eigenvalue weighted by molar-refractivity contribution is 5.94. The number of rotatable bonds is 4. The topological polar surface area (TPSA) is 98.3 Å². The fraction of sp³-hybridized carbons (Fsp3) is 0.286. The Morgan fingerprint density at radius 1 is 1.38 bits per heavy atom. The van der Waals surface area contributed by atoms with Gasteiger partial charge in [-0.1, -0.05) is 6.42 Å². The van der Waals surface area contributed by atoms with Crippen LogP contribution in [0.5, 0.6) is 0 Å². The highest BCUT2D eigenvalue weighted by Gasteiger charge is 2.28. The summed E-state index contributed by atoms with van der Waals surface area (Å²) >= 11 is 0. The molecule has 0 aliphatic heterocycles. The van der Waals surface area contributed by atoms with Crippen molar-refractivity contribution >= 4 is 17.4 Å². The molecule has 0 aromatic carbocycles. The third-order valence-electron chi connectivity index (χ3n) is 3.56. The van der Waals surface area contributed by atoms with Gasteiger partial charge in [0.1, 0.15) is 5.69 Å². The van der Waals surface area contributed by atoms with Crippen LogP contribution in [0, 0.1) is 16.0 Å². The van der Waals surface area contributed by atoms with Gasteiger partial charge in [0.2, 0.25) is 11.7 Å². The molecular weight excluding hydrogens is 274 g/mol. The lowest BCUT2D eigenvalue weighted by Gasteiger charge is -2.23. The van der Waals surface area contributed by atoms with E-state index < -0.39 is 4.92 Å². The van der Waals surface area contributed by atoms with Gasteiger partial charge in [0, 0.05) is 12.0 Å². The lowest BCUT2D eigenvalue weighted by Crippen LogP contribution is -2.28. The molecule has 0 bridgehead atoms. The molecule has 0 atom stereocenters. The second kappa shape index (κ2) is 5.35. The van der Waals surface area contributed by atoms with Crippen LogP contribution in [0.1, 0.15) is 19.3 Å². The van der Waals surface area contributed by atoms with Gasteiger partial charge in [-0.3, -0.25) is 14.9 Å². The molecule has 1 aliphatic carbocycles. The summed E-state index contributed by atoms with van der Waals surface area (Å²) in [6.45, 7) is 0. The van der Waals surface area contributed by atoms with E-state index in [9.17, 15) is 14.9 Å². The average Bonchev–Trinajstić information content (AvgIpc) is 2.89. The van der Waals surface area contributed by atoms with Crippen LogP contribution in [-0.4, -0.2) is 15.8 Å². The smallest absolute Gasteiger partial charge is 0.311 e. The number of carbonyl (C=O) groups is 1. The molecule has 1 fully saturated rings. The average molecular weight is 287 g/mol. The van der Waals surface area contributed by atoms with Crippen molar-refractivity contribution in [2.75, 3.05) is 5.32 Å². The van der Waals surface area contributed by atoms with Crippen LogP contribution >= 0.6 is 0 Å². The molecule has 1 amide bonds. The maximum atomic E-state index is 12.0. The highest BCUT2D eigenvalue weighted by Crippen LogP contribution is 2.31. The van der Waals surface area contributed by atoms with Crippen LogP contribution in [0.2, 0.25) is 0 Å². The molecule has 7 heteroatoms. The van der Waals surface area contributed by atoms with Crippen LogP contribution in [0.25, 0.3) is 11.5 Å². The fourth-order valence-corrected chi connectivity index (χ4v) is 2.14. The zero-order valence-electron chi connectivity index (χ0n) is 11.1. The minimum Gasteiger partial charge on any atom is -0.463 e. The molecule has 3 rings (SSSR count). The van der Waals surface area contributed by atoms with E-state index in [1.807, 2.05) is 0 Å². The van der Waals surface area contributed by atoms with E-state index in [2.05, 4.69) is 10.3 Å². The van der Waals surface area contributed by atoms with E-state index in [1.165, 1.54) is 18.4 Å². The fourth-order valence-electron chi connectivity index (χ4n) is 2.14. The SMILES string of the molecule is O=C(Nc1nc(-c2ccco2)ccc1[N+](=O)[O-])C1CCC1. The maximum Gasteiger partial charge on any atom is 0.311 e. The summed E-state index contributed by atoms with van der Waals surface area (Å²) < 4.78 is 5.21. The Morgan fingerprint density at radius 3 is 2.76 bits per heavy atom.